The molecule has 9 nitrogen and oxygen atoms in total. The van der Waals surface area contributed by atoms with E-state index in [0.29, 0.717) is 17.0 Å². The number of imidazole rings is 1. The number of aromatic nitrogens is 4. The zero-order valence-corrected chi connectivity index (χ0v) is 16.9. The first-order valence-corrected chi connectivity index (χ1v) is 9.67. The van der Waals surface area contributed by atoms with Crippen molar-refractivity contribution in [3.63, 3.8) is 0 Å². The molecule has 4 rings (SSSR count). The predicted molar refractivity (Wildman–Crippen MR) is 116 cm³/mol. The fourth-order valence-electron chi connectivity index (χ4n) is 2.83. The topological polar surface area (TPSA) is 113 Å². The molecule has 0 fully saturated rings. The Morgan fingerprint density at radius 3 is 2.16 bits per heavy atom. The van der Waals surface area contributed by atoms with Gasteiger partial charge in [-0.2, -0.15) is 9.97 Å². The second-order valence-electron chi connectivity index (χ2n) is 6.97. The number of carbonyl (C=O) groups is 2. The Morgan fingerprint density at radius 2 is 1.58 bits per heavy atom. The molecule has 0 atom stereocenters. The molecule has 0 saturated carbocycles. The number of hydrogen-bond donors (Lipinski definition) is 2. The van der Waals surface area contributed by atoms with Gasteiger partial charge in [0.15, 0.2) is 11.2 Å². The fourth-order valence-corrected chi connectivity index (χ4v) is 2.83. The van der Waals surface area contributed by atoms with Crippen LogP contribution in [0.1, 0.15) is 13.8 Å². The fraction of sp³-hybridized carbons (Fsp3) is 0.136. The van der Waals surface area contributed by atoms with Gasteiger partial charge < -0.3 is 9.72 Å². The highest BCUT2D eigenvalue weighted by Gasteiger charge is 2.23. The Kier molecular flexibility index (Phi) is 5.57. The Balaban J connectivity index is 1.70. The minimum Gasteiger partial charge on any atom is -0.388 e. The minimum atomic E-state index is -0.679. The second kappa shape index (κ2) is 8.62. The number of benzene rings is 2. The van der Waals surface area contributed by atoms with Gasteiger partial charge in [0.1, 0.15) is 0 Å². The van der Waals surface area contributed by atoms with Crippen molar-refractivity contribution >= 4 is 40.5 Å². The number of H-pyrrole nitrogens is 1. The van der Waals surface area contributed by atoms with Crippen LogP contribution in [-0.2, 0) is 4.79 Å². The lowest BCUT2D eigenvalue weighted by Gasteiger charge is -2.22. The summed E-state index contributed by atoms with van der Waals surface area (Å²) in [4.78, 5) is 42.2. The maximum Gasteiger partial charge on any atom is 0.425 e. The number of rotatable bonds is 5. The molecule has 9 heteroatoms. The van der Waals surface area contributed by atoms with Crippen LogP contribution in [0.2, 0.25) is 0 Å². The molecule has 0 saturated heterocycles. The van der Waals surface area contributed by atoms with E-state index in [-0.39, 0.29) is 29.2 Å². The van der Waals surface area contributed by atoms with E-state index >= 15 is 0 Å². The van der Waals surface area contributed by atoms with Crippen molar-refractivity contribution in [3.05, 3.63) is 67.0 Å². The van der Waals surface area contributed by atoms with Gasteiger partial charge in [-0.05, 0) is 24.3 Å². The number of carbonyl (C=O) groups excluding carboxylic acids is 2. The van der Waals surface area contributed by atoms with E-state index in [4.69, 9.17) is 4.74 Å². The van der Waals surface area contributed by atoms with Gasteiger partial charge in [-0.25, -0.2) is 14.7 Å². The van der Waals surface area contributed by atoms with E-state index in [1.165, 1.54) is 11.2 Å². The highest BCUT2D eigenvalue weighted by atomic mass is 16.6. The van der Waals surface area contributed by atoms with Gasteiger partial charge in [-0.1, -0.05) is 50.2 Å². The molecule has 0 radical (unpaired) electrons. The maximum absolute atomic E-state index is 13.2. The molecule has 2 heterocycles. The monoisotopic (exact) mass is 416 g/mol. The molecule has 0 spiro atoms. The lowest BCUT2D eigenvalue weighted by Crippen LogP contribution is -2.29. The number of nitrogens with one attached hydrogen (secondary N) is 2. The Hall–Kier alpha value is -4.27. The van der Waals surface area contributed by atoms with Crippen LogP contribution in [0.3, 0.4) is 0 Å². The summed E-state index contributed by atoms with van der Waals surface area (Å²) in [5, 5.41) is 2.62. The SMILES string of the molecule is CC(C)C(=O)Nc1nc(OC(=O)N(c2ccccc2)c2ccccc2)c2nc[nH]c2n1. The number of anilines is 3. The van der Waals surface area contributed by atoms with Crippen LogP contribution in [0.15, 0.2) is 67.0 Å². The van der Waals surface area contributed by atoms with Gasteiger partial charge in [0.05, 0.1) is 17.7 Å². The summed E-state index contributed by atoms with van der Waals surface area (Å²) in [6.07, 6.45) is 0.734. The molecule has 0 aliphatic heterocycles. The maximum atomic E-state index is 13.2. The zero-order chi connectivity index (χ0) is 21.8. The number of ether oxygens (including phenoxy) is 1. The minimum absolute atomic E-state index is 0.0178. The third kappa shape index (κ3) is 4.35. The van der Waals surface area contributed by atoms with E-state index in [0.717, 1.165) is 0 Å². The first-order valence-electron chi connectivity index (χ1n) is 9.67. The molecule has 2 amide bonds. The van der Waals surface area contributed by atoms with Crippen molar-refractivity contribution in [1.82, 2.24) is 19.9 Å². The van der Waals surface area contributed by atoms with Gasteiger partial charge in [0.25, 0.3) is 5.88 Å². The first kappa shape index (κ1) is 20.0. The predicted octanol–water partition coefficient (Wildman–Crippen LogP) is 4.28. The van der Waals surface area contributed by atoms with Gasteiger partial charge in [0, 0.05) is 5.92 Å². The van der Waals surface area contributed by atoms with Crippen LogP contribution in [0.4, 0.5) is 22.1 Å². The van der Waals surface area contributed by atoms with Crippen molar-refractivity contribution in [2.75, 3.05) is 10.2 Å². The van der Waals surface area contributed by atoms with Gasteiger partial charge in [-0.15, -0.1) is 0 Å². The Bertz CT molecular complexity index is 1170. The van der Waals surface area contributed by atoms with E-state index in [2.05, 4.69) is 25.3 Å². The molecule has 4 aromatic rings. The van der Waals surface area contributed by atoms with Gasteiger partial charge in [0.2, 0.25) is 11.9 Å². The first-order chi connectivity index (χ1) is 15.0. The number of para-hydroxylation sites is 2. The third-order valence-corrected chi connectivity index (χ3v) is 4.40. The second-order valence-corrected chi connectivity index (χ2v) is 6.97. The molecule has 156 valence electrons. The highest BCUT2D eigenvalue weighted by molar-refractivity contribution is 5.98. The summed E-state index contributed by atoms with van der Waals surface area (Å²) in [5.74, 6) is -0.568. The van der Waals surface area contributed by atoms with Gasteiger partial charge in [-0.3, -0.25) is 10.1 Å². The third-order valence-electron chi connectivity index (χ3n) is 4.40. The summed E-state index contributed by atoms with van der Waals surface area (Å²) in [7, 11) is 0. The van der Waals surface area contributed by atoms with Gasteiger partial charge >= 0.3 is 6.09 Å². The van der Waals surface area contributed by atoms with Crippen LogP contribution in [0.5, 0.6) is 5.88 Å². The average molecular weight is 416 g/mol. The molecule has 0 bridgehead atoms. The smallest absolute Gasteiger partial charge is 0.388 e. The summed E-state index contributed by atoms with van der Waals surface area (Å²) in [6, 6.07) is 18.2. The lowest BCUT2D eigenvalue weighted by molar-refractivity contribution is -0.118. The quantitative estimate of drug-likeness (QED) is 0.502. The summed E-state index contributed by atoms with van der Waals surface area (Å²) >= 11 is 0. The number of fused-ring (bicyclic) bond motifs is 1. The molecular weight excluding hydrogens is 396 g/mol. The zero-order valence-electron chi connectivity index (χ0n) is 16.9. The van der Waals surface area contributed by atoms with E-state index in [9.17, 15) is 9.59 Å². The normalized spacial score (nSPS) is 10.8. The van der Waals surface area contributed by atoms with E-state index < -0.39 is 6.09 Å². The summed E-state index contributed by atoms with van der Waals surface area (Å²) < 4.78 is 5.64. The number of hydrogen-bond acceptors (Lipinski definition) is 6. The summed E-state index contributed by atoms with van der Waals surface area (Å²) in [5.41, 5.74) is 1.86. The molecule has 2 aromatic carbocycles. The molecule has 0 aliphatic carbocycles. The van der Waals surface area contributed by atoms with Crippen LogP contribution in [-0.4, -0.2) is 31.9 Å². The number of aromatic amines is 1. The molecule has 0 aliphatic rings. The van der Waals surface area contributed by atoms with Crippen molar-refractivity contribution < 1.29 is 14.3 Å². The Labute approximate surface area is 178 Å². The highest BCUT2D eigenvalue weighted by Crippen LogP contribution is 2.28. The van der Waals surface area contributed by atoms with Crippen molar-refractivity contribution in [2.45, 2.75) is 13.8 Å². The van der Waals surface area contributed by atoms with Crippen LogP contribution in [0.25, 0.3) is 11.2 Å². The molecule has 31 heavy (non-hydrogen) atoms. The number of amides is 2. The van der Waals surface area contributed by atoms with Crippen LogP contribution in [0, 0.1) is 5.92 Å². The standard InChI is InChI=1S/C22H20N6O3/c1-14(2)19(29)26-21-25-18-17(23-13-24-18)20(27-21)31-22(30)28(15-9-5-3-6-10-15)16-11-7-4-8-12-16/h3-14H,1-2H3,(H2,23,24,25,26,27,29). The molecular formula is C22H20N6O3. The van der Waals surface area contributed by atoms with E-state index in [1.54, 1.807) is 38.1 Å². The average Bonchev–Trinajstić information content (AvgIpc) is 3.24. The van der Waals surface area contributed by atoms with Crippen molar-refractivity contribution in [3.8, 4) is 5.88 Å². The molecule has 0 unspecified atom stereocenters. The molecule has 2 N–H and O–H groups in total. The largest absolute Gasteiger partial charge is 0.425 e. The van der Waals surface area contributed by atoms with E-state index in [1.807, 2.05) is 36.4 Å². The molecule has 2 aromatic heterocycles. The number of nitrogens with zero attached hydrogens (tertiary/aromatic N) is 4. The summed E-state index contributed by atoms with van der Waals surface area (Å²) in [6.45, 7) is 3.51. The lowest BCUT2D eigenvalue weighted by atomic mass is 10.2. The van der Waals surface area contributed by atoms with Crippen molar-refractivity contribution in [2.24, 2.45) is 5.92 Å². The van der Waals surface area contributed by atoms with Crippen LogP contribution >= 0.6 is 0 Å². The van der Waals surface area contributed by atoms with Crippen molar-refractivity contribution in [1.29, 1.82) is 0 Å². The van der Waals surface area contributed by atoms with Crippen LogP contribution < -0.4 is 15.0 Å². The Morgan fingerprint density at radius 1 is 0.968 bits per heavy atom.